The molecule has 3 rings (SSSR count). The second kappa shape index (κ2) is 9.05. The minimum Gasteiger partial charge on any atom is -0.370 e. The van der Waals surface area contributed by atoms with Crippen LogP contribution in [0.4, 0.5) is 0 Å². The Morgan fingerprint density at radius 1 is 1.18 bits per heavy atom. The van der Waals surface area contributed by atoms with E-state index >= 15 is 0 Å². The van der Waals surface area contributed by atoms with Crippen molar-refractivity contribution < 1.29 is 0 Å². The lowest BCUT2D eigenvalue weighted by atomic mass is 9.96. The van der Waals surface area contributed by atoms with Gasteiger partial charge in [0.25, 0.3) is 0 Å². The molecule has 0 unspecified atom stereocenters. The highest BCUT2D eigenvalue weighted by atomic mass is 127. The zero-order valence-corrected chi connectivity index (χ0v) is 16.3. The molecule has 0 aliphatic heterocycles. The highest BCUT2D eigenvalue weighted by molar-refractivity contribution is 14.0. The van der Waals surface area contributed by atoms with Crippen molar-refractivity contribution in [2.75, 3.05) is 6.54 Å². The SMILES string of the molecule is I.NC(=NCCc1nc2c(s1)CCCC2)NC1CCCCC1. The molecule has 1 aromatic heterocycles. The Morgan fingerprint density at radius 3 is 2.73 bits per heavy atom. The number of aryl methyl sites for hydroxylation is 2. The number of aromatic nitrogens is 1. The average molecular weight is 434 g/mol. The quantitative estimate of drug-likeness (QED) is 0.434. The van der Waals surface area contributed by atoms with Gasteiger partial charge >= 0.3 is 0 Å². The number of rotatable bonds is 4. The largest absolute Gasteiger partial charge is 0.370 e. The average Bonchev–Trinajstić information content (AvgIpc) is 2.91. The minimum absolute atomic E-state index is 0. The van der Waals surface area contributed by atoms with E-state index < -0.39 is 0 Å². The van der Waals surface area contributed by atoms with E-state index in [1.54, 1.807) is 0 Å². The maximum absolute atomic E-state index is 5.99. The standard InChI is InChI=1S/C16H26N4S.HI/c17-16(19-12-6-2-1-3-7-12)18-11-10-15-20-13-8-4-5-9-14(13)21-15;/h12H,1-11H2,(H3,17,18,19);1H. The molecule has 0 amide bonds. The van der Waals surface area contributed by atoms with Gasteiger partial charge in [-0.25, -0.2) is 4.98 Å². The van der Waals surface area contributed by atoms with Crippen LogP contribution >= 0.6 is 35.3 Å². The van der Waals surface area contributed by atoms with Crippen LogP contribution in [0.5, 0.6) is 0 Å². The summed E-state index contributed by atoms with van der Waals surface area (Å²) in [4.78, 5) is 10.7. The Labute approximate surface area is 154 Å². The zero-order chi connectivity index (χ0) is 14.5. The summed E-state index contributed by atoms with van der Waals surface area (Å²) in [6, 6.07) is 0.537. The van der Waals surface area contributed by atoms with Gasteiger partial charge in [0, 0.05) is 23.9 Å². The third kappa shape index (κ3) is 5.08. The molecule has 2 aliphatic rings. The van der Waals surface area contributed by atoms with Crippen molar-refractivity contribution in [2.45, 2.75) is 70.3 Å². The number of nitrogens with one attached hydrogen (secondary N) is 1. The number of guanidine groups is 1. The minimum atomic E-state index is 0. The molecule has 0 bridgehead atoms. The maximum Gasteiger partial charge on any atom is 0.188 e. The Kier molecular flexibility index (Phi) is 7.40. The molecule has 6 heteroatoms. The van der Waals surface area contributed by atoms with Gasteiger partial charge in [-0.1, -0.05) is 19.3 Å². The molecular weight excluding hydrogens is 407 g/mol. The van der Waals surface area contributed by atoms with Crippen LogP contribution in [0.25, 0.3) is 0 Å². The molecule has 0 spiro atoms. The van der Waals surface area contributed by atoms with Gasteiger partial charge in [-0.05, 0) is 38.5 Å². The van der Waals surface area contributed by atoms with E-state index in [0.717, 1.165) is 13.0 Å². The topological polar surface area (TPSA) is 63.3 Å². The van der Waals surface area contributed by atoms with E-state index in [-0.39, 0.29) is 24.0 Å². The van der Waals surface area contributed by atoms with Gasteiger partial charge in [-0.15, -0.1) is 35.3 Å². The van der Waals surface area contributed by atoms with Crippen molar-refractivity contribution >= 4 is 41.3 Å². The first-order valence-electron chi connectivity index (χ1n) is 8.35. The number of fused-ring (bicyclic) bond motifs is 1. The van der Waals surface area contributed by atoms with E-state index in [1.807, 2.05) is 11.3 Å². The Morgan fingerprint density at radius 2 is 1.95 bits per heavy atom. The zero-order valence-electron chi connectivity index (χ0n) is 13.1. The summed E-state index contributed by atoms with van der Waals surface area (Å²) in [5, 5.41) is 4.60. The van der Waals surface area contributed by atoms with Gasteiger partial charge < -0.3 is 11.1 Å². The van der Waals surface area contributed by atoms with Crippen LogP contribution in [0.2, 0.25) is 0 Å². The lowest BCUT2D eigenvalue weighted by Crippen LogP contribution is -2.41. The van der Waals surface area contributed by atoms with Crippen molar-refractivity contribution in [3.63, 3.8) is 0 Å². The first kappa shape index (κ1) is 18.0. The fourth-order valence-corrected chi connectivity index (χ4v) is 4.43. The number of halogens is 1. The van der Waals surface area contributed by atoms with Crippen LogP contribution in [0.1, 0.15) is 60.5 Å². The highest BCUT2D eigenvalue weighted by Gasteiger charge is 2.15. The van der Waals surface area contributed by atoms with E-state index in [9.17, 15) is 0 Å². The highest BCUT2D eigenvalue weighted by Crippen LogP contribution is 2.26. The van der Waals surface area contributed by atoms with Gasteiger partial charge in [0.1, 0.15) is 0 Å². The monoisotopic (exact) mass is 434 g/mol. The molecular formula is C16H27IN4S. The van der Waals surface area contributed by atoms with Gasteiger partial charge in [0.2, 0.25) is 0 Å². The summed E-state index contributed by atoms with van der Waals surface area (Å²) in [5.74, 6) is 0.614. The number of nitrogens with two attached hydrogens (primary N) is 1. The molecule has 4 nitrogen and oxygen atoms in total. The van der Waals surface area contributed by atoms with Crippen molar-refractivity contribution in [1.29, 1.82) is 0 Å². The van der Waals surface area contributed by atoms with Gasteiger partial charge in [0.05, 0.1) is 10.7 Å². The Hall–Kier alpha value is -0.370. The third-order valence-electron chi connectivity index (χ3n) is 4.45. The molecule has 0 atom stereocenters. The number of hydrogen-bond donors (Lipinski definition) is 2. The van der Waals surface area contributed by atoms with E-state index in [0.29, 0.717) is 12.0 Å². The fraction of sp³-hybridized carbons (Fsp3) is 0.750. The van der Waals surface area contributed by atoms with Crippen LogP contribution in [0.3, 0.4) is 0 Å². The van der Waals surface area contributed by atoms with Crippen LogP contribution < -0.4 is 11.1 Å². The summed E-state index contributed by atoms with van der Waals surface area (Å²) in [5.41, 5.74) is 7.33. The summed E-state index contributed by atoms with van der Waals surface area (Å²) in [6.45, 7) is 0.748. The molecule has 0 radical (unpaired) electrons. The summed E-state index contributed by atoms with van der Waals surface area (Å²) in [7, 11) is 0. The fourth-order valence-electron chi connectivity index (χ4n) is 3.29. The van der Waals surface area contributed by atoms with Gasteiger partial charge in [-0.2, -0.15) is 0 Å². The second-order valence-corrected chi connectivity index (χ2v) is 7.35. The summed E-state index contributed by atoms with van der Waals surface area (Å²) < 4.78 is 0. The van der Waals surface area contributed by atoms with Crippen LogP contribution in [-0.4, -0.2) is 23.5 Å². The molecule has 0 aromatic carbocycles. The predicted molar refractivity (Wildman–Crippen MR) is 104 cm³/mol. The third-order valence-corrected chi connectivity index (χ3v) is 5.67. The summed E-state index contributed by atoms with van der Waals surface area (Å²) in [6.07, 6.45) is 12.4. The maximum atomic E-state index is 5.99. The van der Waals surface area contributed by atoms with Crippen molar-refractivity contribution in [3.05, 3.63) is 15.6 Å². The smallest absolute Gasteiger partial charge is 0.188 e. The molecule has 0 saturated heterocycles. The molecule has 3 N–H and O–H groups in total. The molecule has 1 aromatic rings. The van der Waals surface area contributed by atoms with Gasteiger partial charge in [-0.3, -0.25) is 4.99 Å². The van der Waals surface area contributed by atoms with Crippen LogP contribution in [0.15, 0.2) is 4.99 Å². The molecule has 22 heavy (non-hydrogen) atoms. The number of nitrogens with zero attached hydrogens (tertiary/aromatic N) is 2. The number of thiazole rings is 1. The van der Waals surface area contributed by atoms with Crippen molar-refractivity contribution in [2.24, 2.45) is 10.7 Å². The van der Waals surface area contributed by atoms with Crippen molar-refractivity contribution in [1.82, 2.24) is 10.3 Å². The summed E-state index contributed by atoms with van der Waals surface area (Å²) >= 11 is 1.88. The van der Waals surface area contributed by atoms with E-state index in [2.05, 4.69) is 10.3 Å². The van der Waals surface area contributed by atoms with Gasteiger partial charge in [0.15, 0.2) is 5.96 Å². The molecule has 124 valence electrons. The molecule has 1 fully saturated rings. The lowest BCUT2D eigenvalue weighted by Gasteiger charge is -2.23. The van der Waals surface area contributed by atoms with E-state index in [1.165, 1.54) is 73.4 Å². The molecule has 1 saturated carbocycles. The first-order valence-corrected chi connectivity index (χ1v) is 9.17. The molecule has 1 heterocycles. The van der Waals surface area contributed by atoms with Crippen LogP contribution in [0, 0.1) is 0 Å². The second-order valence-electron chi connectivity index (χ2n) is 6.18. The van der Waals surface area contributed by atoms with Crippen molar-refractivity contribution in [3.8, 4) is 0 Å². The Bertz CT molecular complexity index is 471. The lowest BCUT2D eigenvalue weighted by molar-refractivity contribution is 0.412. The number of aliphatic imine (C=N–C) groups is 1. The first-order chi connectivity index (χ1) is 10.3. The Balaban J connectivity index is 0.00000176. The number of hydrogen-bond acceptors (Lipinski definition) is 3. The normalized spacial score (nSPS) is 19.4. The van der Waals surface area contributed by atoms with E-state index in [4.69, 9.17) is 10.7 Å². The predicted octanol–water partition coefficient (Wildman–Crippen LogP) is 3.42. The molecule has 2 aliphatic carbocycles. The van der Waals surface area contributed by atoms with Crippen LogP contribution in [-0.2, 0) is 19.3 Å².